The van der Waals surface area contributed by atoms with Crippen LogP contribution in [0.3, 0.4) is 0 Å². The first-order valence-corrected chi connectivity index (χ1v) is 6.92. The average Bonchev–Trinajstić information content (AvgIpc) is 2.93. The van der Waals surface area contributed by atoms with Crippen LogP contribution in [-0.4, -0.2) is 39.3 Å². The van der Waals surface area contributed by atoms with Crippen molar-refractivity contribution in [3.05, 3.63) is 11.6 Å². The molecule has 4 nitrogen and oxygen atoms in total. The maximum Gasteiger partial charge on any atom is 0.155 e. The first-order valence-electron chi connectivity index (χ1n) is 6.92. The first kappa shape index (κ1) is 11.2. The van der Waals surface area contributed by atoms with E-state index < -0.39 is 0 Å². The zero-order valence-corrected chi connectivity index (χ0v) is 10.9. The summed E-state index contributed by atoms with van der Waals surface area (Å²) in [5.41, 5.74) is 0. The van der Waals surface area contributed by atoms with E-state index in [1.165, 1.54) is 25.2 Å². The van der Waals surface area contributed by atoms with Crippen molar-refractivity contribution in [2.75, 3.05) is 19.6 Å². The molecule has 3 rings (SSSR count). The van der Waals surface area contributed by atoms with Gasteiger partial charge in [0.25, 0.3) is 0 Å². The second-order valence-electron chi connectivity index (χ2n) is 5.59. The molecule has 3 heterocycles. The zero-order chi connectivity index (χ0) is 11.8. The van der Waals surface area contributed by atoms with E-state index in [0.717, 1.165) is 37.8 Å². The van der Waals surface area contributed by atoms with Crippen LogP contribution in [0.2, 0.25) is 0 Å². The molecule has 0 aliphatic carbocycles. The molecule has 17 heavy (non-hydrogen) atoms. The van der Waals surface area contributed by atoms with Gasteiger partial charge in [-0.3, -0.25) is 0 Å². The molecule has 2 aliphatic rings. The van der Waals surface area contributed by atoms with Crippen molar-refractivity contribution in [1.82, 2.24) is 19.7 Å². The quantitative estimate of drug-likeness (QED) is 0.780. The van der Waals surface area contributed by atoms with E-state index in [-0.39, 0.29) is 0 Å². The number of aryl methyl sites for hydroxylation is 1. The fraction of sp³-hybridized carbons (Fsp3) is 0.846. The van der Waals surface area contributed by atoms with Gasteiger partial charge in [-0.05, 0) is 31.8 Å². The Labute approximate surface area is 103 Å². The minimum atomic E-state index is 0.573. The van der Waals surface area contributed by atoms with Crippen LogP contribution >= 0.6 is 0 Å². The molecule has 0 amide bonds. The number of likely N-dealkylation sites (N-methyl/N-ethyl adjacent to an activating group) is 1. The van der Waals surface area contributed by atoms with Crippen LogP contribution in [0.1, 0.15) is 44.3 Å². The fourth-order valence-electron chi connectivity index (χ4n) is 2.98. The summed E-state index contributed by atoms with van der Waals surface area (Å²) in [6.45, 7) is 9.12. The van der Waals surface area contributed by atoms with Crippen molar-refractivity contribution in [3.8, 4) is 0 Å². The molecule has 0 saturated carbocycles. The van der Waals surface area contributed by atoms with Crippen LogP contribution in [0.25, 0.3) is 0 Å². The van der Waals surface area contributed by atoms with Crippen LogP contribution < -0.4 is 0 Å². The van der Waals surface area contributed by atoms with E-state index in [1.807, 2.05) is 0 Å². The van der Waals surface area contributed by atoms with Gasteiger partial charge in [0.2, 0.25) is 0 Å². The van der Waals surface area contributed by atoms with Gasteiger partial charge in [0, 0.05) is 25.4 Å². The molecule has 2 atom stereocenters. The molecule has 1 aromatic heterocycles. The van der Waals surface area contributed by atoms with Gasteiger partial charge in [0.1, 0.15) is 5.82 Å². The summed E-state index contributed by atoms with van der Waals surface area (Å²) in [5.74, 6) is 3.66. The third-order valence-electron chi connectivity index (χ3n) is 4.21. The van der Waals surface area contributed by atoms with Crippen molar-refractivity contribution < 1.29 is 0 Å². The third kappa shape index (κ3) is 2.10. The van der Waals surface area contributed by atoms with Gasteiger partial charge in [-0.25, -0.2) is 9.67 Å². The Balaban J connectivity index is 1.76. The summed E-state index contributed by atoms with van der Waals surface area (Å²) >= 11 is 0. The van der Waals surface area contributed by atoms with E-state index in [0.29, 0.717) is 5.92 Å². The van der Waals surface area contributed by atoms with Gasteiger partial charge in [-0.2, -0.15) is 5.10 Å². The molecule has 1 saturated heterocycles. The molecule has 2 aliphatic heterocycles. The van der Waals surface area contributed by atoms with Crippen molar-refractivity contribution in [2.24, 2.45) is 5.92 Å². The predicted octanol–water partition coefficient (Wildman–Crippen LogP) is 1.67. The van der Waals surface area contributed by atoms with Gasteiger partial charge in [-0.15, -0.1) is 0 Å². The molecule has 0 bridgehead atoms. The van der Waals surface area contributed by atoms with Crippen molar-refractivity contribution >= 4 is 0 Å². The predicted molar refractivity (Wildman–Crippen MR) is 67.0 cm³/mol. The highest BCUT2D eigenvalue weighted by Crippen LogP contribution is 2.26. The van der Waals surface area contributed by atoms with E-state index in [2.05, 4.69) is 23.4 Å². The molecule has 4 heteroatoms. The summed E-state index contributed by atoms with van der Waals surface area (Å²) in [7, 11) is 0. The average molecular weight is 234 g/mol. The van der Waals surface area contributed by atoms with Crippen LogP contribution in [-0.2, 0) is 13.0 Å². The fourth-order valence-corrected chi connectivity index (χ4v) is 2.98. The Hall–Kier alpha value is -0.900. The Morgan fingerprint density at radius 3 is 2.94 bits per heavy atom. The van der Waals surface area contributed by atoms with Gasteiger partial charge in [-0.1, -0.05) is 13.8 Å². The molecule has 2 unspecified atom stereocenters. The Morgan fingerprint density at radius 2 is 2.18 bits per heavy atom. The molecule has 1 aromatic rings. The molecule has 0 radical (unpaired) electrons. The number of aromatic nitrogens is 3. The number of hydrogen-bond acceptors (Lipinski definition) is 3. The number of hydrogen-bond donors (Lipinski definition) is 0. The lowest BCUT2D eigenvalue weighted by Gasteiger charge is -2.17. The largest absolute Gasteiger partial charge is 0.303 e. The summed E-state index contributed by atoms with van der Waals surface area (Å²) in [6, 6.07) is 0. The second kappa shape index (κ2) is 4.41. The summed E-state index contributed by atoms with van der Waals surface area (Å²) < 4.78 is 2.14. The monoisotopic (exact) mass is 234 g/mol. The smallest absolute Gasteiger partial charge is 0.155 e. The Kier molecular flexibility index (Phi) is 2.90. The number of nitrogens with zero attached hydrogens (tertiary/aromatic N) is 4. The van der Waals surface area contributed by atoms with Gasteiger partial charge in [0.15, 0.2) is 5.82 Å². The van der Waals surface area contributed by atoms with Crippen molar-refractivity contribution in [2.45, 2.75) is 45.6 Å². The maximum atomic E-state index is 4.78. The lowest BCUT2D eigenvalue weighted by molar-refractivity contribution is 0.352. The SMILES string of the molecule is CCN1CCC(c2nc3n(n2)CCC(C)C3)C1. The minimum absolute atomic E-state index is 0.573. The van der Waals surface area contributed by atoms with Crippen molar-refractivity contribution in [3.63, 3.8) is 0 Å². The van der Waals surface area contributed by atoms with E-state index in [1.54, 1.807) is 0 Å². The topological polar surface area (TPSA) is 34.0 Å². The third-order valence-corrected chi connectivity index (χ3v) is 4.21. The minimum Gasteiger partial charge on any atom is -0.303 e. The van der Waals surface area contributed by atoms with E-state index in [4.69, 9.17) is 10.1 Å². The molecule has 94 valence electrons. The molecular formula is C13H22N4. The molecule has 1 fully saturated rings. The summed E-state index contributed by atoms with van der Waals surface area (Å²) in [5, 5.41) is 4.71. The molecule has 0 N–H and O–H groups in total. The lowest BCUT2D eigenvalue weighted by Crippen LogP contribution is -2.19. The maximum absolute atomic E-state index is 4.78. The highest BCUT2D eigenvalue weighted by molar-refractivity contribution is 5.05. The van der Waals surface area contributed by atoms with E-state index in [9.17, 15) is 0 Å². The summed E-state index contributed by atoms with van der Waals surface area (Å²) in [6.07, 6.45) is 3.59. The Morgan fingerprint density at radius 1 is 1.29 bits per heavy atom. The summed E-state index contributed by atoms with van der Waals surface area (Å²) in [4.78, 5) is 7.27. The van der Waals surface area contributed by atoms with Gasteiger partial charge in [0.05, 0.1) is 0 Å². The second-order valence-corrected chi connectivity index (χ2v) is 5.59. The standard InChI is InChI=1S/C13H22N4/c1-3-16-6-5-11(9-16)13-14-12-8-10(2)4-7-17(12)15-13/h10-11H,3-9H2,1-2H3. The number of rotatable bonds is 2. The van der Waals surface area contributed by atoms with E-state index >= 15 is 0 Å². The molecule has 0 spiro atoms. The first-order chi connectivity index (χ1) is 8.26. The highest BCUT2D eigenvalue weighted by Gasteiger charge is 2.28. The molecule has 0 aromatic carbocycles. The normalized spacial score (nSPS) is 29.5. The van der Waals surface area contributed by atoms with Crippen molar-refractivity contribution in [1.29, 1.82) is 0 Å². The van der Waals surface area contributed by atoms with Crippen LogP contribution in [0.15, 0.2) is 0 Å². The van der Waals surface area contributed by atoms with Crippen LogP contribution in [0.4, 0.5) is 0 Å². The van der Waals surface area contributed by atoms with Crippen LogP contribution in [0, 0.1) is 5.92 Å². The lowest BCUT2D eigenvalue weighted by atomic mass is 10.0. The highest BCUT2D eigenvalue weighted by atomic mass is 15.4. The van der Waals surface area contributed by atoms with Gasteiger partial charge >= 0.3 is 0 Å². The van der Waals surface area contributed by atoms with Crippen LogP contribution in [0.5, 0.6) is 0 Å². The van der Waals surface area contributed by atoms with Gasteiger partial charge < -0.3 is 4.90 Å². The number of fused-ring (bicyclic) bond motifs is 1. The number of likely N-dealkylation sites (tertiary alicyclic amines) is 1. The molecular weight excluding hydrogens is 212 g/mol. The Bertz CT molecular complexity index is 398. The zero-order valence-electron chi connectivity index (χ0n) is 10.9.